The normalized spacial score (nSPS) is 11.5. The van der Waals surface area contributed by atoms with Gasteiger partial charge < -0.3 is 10.2 Å². The molecule has 0 aliphatic heterocycles. The van der Waals surface area contributed by atoms with E-state index in [1.54, 1.807) is 0 Å². The van der Waals surface area contributed by atoms with Gasteiger partial charge in [-0.25, -0.2) is 14.3 Å². The summed E-state index contributed by atoms with van der Waals surface area (Å²) in [7, 11) is -3.60. The number of rotatable bonds is 28. The highest BCUT2D eigenvalue weighted by Crippen LogP contribution is 2.13. The third-order valence-electron chi connectivity index (χ3n) is 6.60. The fraction of sp³-hybridized carbons (Fsp3) is 0.929. The molecule has 9 heteroatoms. The minimum Gasteiger partial charge on any atom is -0.356 e. The monoisotopic (exact) mass is 547 g/mol. The lowest BCUT2D eigenvalue weighted by Gasteiger charge is -2.07. The summed E-state index contributed by atoms with van der Waals surface area (Å²) in [5, 5.41) is 2.82. The molecule has 0 radical (unpaired) electrons. The first-order chi connectivity index (χ1) is 17.9. The summed E-state index contributed by atoms with van der Waals surface area (Å²) in [6.07, 6.45) is 22.8. The molecular weight excluding hydrogens is 490 g/mol. The van der Waals surface area contributed by atoms with Crippen LogP contribution in [0.25, 0.3) is 0 Å². The Kier molecular flexibility index (Phi) is 25.6. The van der Waals surface area contributed by atoms with Crippen LogP contribution in [0.2, 0.25) is 0 Å². The molecule has 2 amide bonds. The molecule has 0 heterocycles. The lowest BCUT2D eigenvalue weighted by molar-refractivity contribution is -0.121. The molecule has 0 aliphatic rings. The Morgan fingerprint density at radius 1 is 0.622 bits per heavy atom. The summed E-state index contributed by atoms with van der Waals surface area (Å²) in [5.41, 5.74) is 0. The molecule has 0 aromatic carbocycles. The average Bonchev–Trinajstić information content (AvgIpc) is 2.85. The highest BCUT2D eigenvalue weighted by molar-refractivity contribution is 7.90. The Balaban J connectivity index is 3.53. The summed E-state index contributed by atoms with van der Waals surface area (Å²) in [6.45, 7) is 3.31. The van der Waals surface area contributed by atoms with Crippen LogP contribution in [0, 0.1) is 0 Å². The van der Waals surface area contributed by atoms with Gasteiger partial charge in [-0.15, -0.1) is 0 Å². The lowest BCUT2D eigenvalue weighted by atomic mass is 10.0. The van der Waals surface area contributed by atoms with Crippen molar-refractivity contribution in [2.24, 2.45) is 5.90 Å². The molecular formula is C28H57N3O5S. The number of hydrogen-bond acceptors (Lipinski definition) is 6. The molecule has 4 N–H and O–H groups in total. The van der Waals surface area contributed by atoms with Crippen molar-refractivity contribution in [1.29, 1.82) is 0 Å². The number of sulfonamides is 1. The van der Waals surface area contributed by atoms with Gasteiger partial charge in [0.2, 0.25) is 21.8 Å². The van der Waals surface area contributed by atoms with Crippen molar-refractivity contribution >= 4 is 21.8 Å². The Morgan fingerprint density at radius 2 is 1.08 bits per heavy atom. The van der Waals surface area contributed by atoms with Crippen LogP contribution in [0.1, 0.15) is 148 Å². The zero-order chi connectivity index (χ0) is 27.5. The van der Waals surface area contributed by atoms with E-state index in [-0.39, 0.29) is 18.1 Å². The van der Waals surface area contributed by atoms with E-state index in [0.717, 1.165) is 32.1 Å². The molecule has 0 rings (SSSR count). The minimum absolute atomic E-state index is 0.0340. The van der Waals surface area contributed by atoms with Crippen LogP contribution in [0.15, 0.2) is 0 Å². The second-order valence-electron chi connectivity index (χ2n) is 10.3. The predicted molar refractivity (Wildman–Crippen MR) is 152 cm³/mol. The van der Waals surface area contributed by atoms with Crippen LogP contribution >= 0.6 is 0 Å². The highest BCUT2D eigenvalue weighted by Gasteiger charge is 2.14. The number of nitrogens with one attached hydrogen (secondary N) is 2. The van der Waals surface area contributed by atoms with Crippen molar-refractivity contribution in [3.63, 3.8) is 0 Å². The fourth-order valence-corrected chi connectivity index (χ4v) is 5.45. The number of nitrogens with two attached hydrogens (primary N) is 1. The first-order valence-electron chi connectivity index (χ1n) is 15.0. The molecule has 0 unspecified atom stereocenters. The molecule has 0 saturated heterocycles. The molecule has 0 fully saturated rings. The summed E-state index contributed by atoms with van der Waals surface area (Å²) in [4.78, 5) is 28.2. The lowest BCUT2D eigenvalue weighted by Crippen LogP contribution is -2.32. The molecule has 8 nitrogen and oxygen atoms in total. The van der Waals surface area contributed by atoms with Gasteiger partial charge in [-0.05, 0) is 32.1 Å². The summed E-state index contributed by atoms with van der Waals surface area (Å²) < 4.78 is 26.4. The maximum atomic E-state index is 12.1. The maximum Gasteiger partial charge on any atom is 0.234 e. The standard InChI is InChI=1S/C28H57N3O5S/c1-2-3-4-5-6-7-8-9-10-11-12-13-14-15-17-23-28(33)31-37(34,35)26-21-16-18-22-27(32)30-24-19-20-25-36-29/h2-26,29H2,1H3,(H,30,32)(H,31,33). The third kappa shape index (κ3) is 27.7. The largest absolute Gasteiger partial charge is 0.356 e. The molecule has 37 heavy (non-hydrogen) atoms. The molecule has 220 valence electrons. The van der Waals surface area contributed by atoms with E-state index in [9.17, 15) is 18.0 Å². The first kappa shape index (κ1) is 35.8. The van der Waals surface area contributed by atoms with Crippen molar-refractivity contribution in [1.82, 2.24) is 10.0 Å². The van der Waals surface area contributed by atoms with Gasteiger partial charge in [0.25, 0.3) is 0 Å². The SMILES string of the molecule is CCCCCCCCCCCCCCCCCC(=O)NS(=O)(=O)CCCCCC(=O)NCCCCON. The number of amides is 2. The average molecular weight is 548 g/mol. The van der Waals surface area contributed by atoms with Crippen molar-refractivity contribution in [3.8, 4) is 0 Å². The molecule has 0 spiro atoms. The van der Waals surface area contributed by atoms with Crippen molar-refractivity contribution in [3.05, 3.63) is 0 Å². The molecule has 0 saturated carbocycles. The summed E-state index contributed by atoms with van der Waals surface area (Å²) in [5.74, 6) is 4.41. The van der Waals surface area contributed by atoms with Crippen molar-refractivity contribution in [2.75, 3.05) is 18.9 Å². The first-order valence-corrected chi connectivity index (χ1v) is 16.7. The van der Waals surface area contributed by atoms with Crippen LogP contribution in [-0.4, -0.2) is 39.1 Å². The number of carbonyl (C=O) groups is 2. The van der Waals surface area contributed by atoms with Crippen LogP contribution in [0.5, 0.6) is 0 Å². The molecule has 0 aromatic heterocycles. The maximum absolute atomic E-state index is 12.1. The Labute approximate surface area is 227 Å². The van der Waals surface area contributed by atoms with E-state index >= 15 is 0 Å². The van der Waals surface area contributed by atoms with Crippen LogP contribution < -0.4 is 15.9 Å². The van der Waals surface area contributed by atoms with Crippen molar-refractivity contribution < 1.29 is 22.8 Å². The Hall–Kier alpha value is -1.19. The van der Waals surface area contributed by atoms with Gasteiger partial charge >= 0.3 is 0 Å². The van der Waals surface area contributed by atoms with Gasteiger partial charge in [0.05, 0.1) is 12.4 Å². The minimum atomic E-state index is -3.60. The predicted octanol–water partition coefficient (Wildman–Crippen LogP) is 6.04. The Morgan fingerprint density at radius 3 is 1.59 bits per heavy atom. The van der Waals surface area contributed by atoms with Gasteiger partial charge in [-0.3, -0.25) is 14.3 Å². The van der Waals surface area contributed by atoms with Gasteiger partial charge in [-0.2, -0.15) is 0 Å². The second kappa shape index (κ2) is 26.4. The highest BCUT2D eigenvalue weighted by atomic mass is 32.2. The Bertz CT molecular complexity index is 644. The van der Waals surface area contributed by atoms with Crippen LogP contribution in [0.4, 0.5) is 0 Å². The van der Waals surface area contributed by atoms with E-state index in [1.165, 1.54) is 77.0 Å². The summed E-state index contributed by atoms with van der Waals surface area (Å²) in [6, 6.07) is 0. The topological polar surface area (TPSA) is 128 Å². The van der Waals surface area contributed by atoms with E-state index in [2.05, 4.69) is 21.8 Å². The summed E-state index contributed by atoms with van der Waals surface area (Å²) >= 11 is 0. The molecule has 0 aromatic rings. The number of unbranched alkanes of at least 4 members (excludes halogenated alkanes) is 17. The van der Waals surface area contributed by atoms with Gasteiger partial charge in [0.15, 0.2) is 0 Å². The number of carbonyl (C=O) groups excluding carboxylic acids is 2. The van der Waals surface area contributed by atoms with Gasteiger partial charge in [0.1, 0.15) is 0 Å². The van der Waals surface area contributed by atoms with Gasteiger partial charge in [-0.1, -0.05) is 103 Å². The van der Waals surface area contributed by atoms with Crippen LogP contribution in [-0.2, 0) is 24.4 Å². The van der Waals surface area contributed by atoms with E-state index in [1.807, 2.05) is 0 Å². The fourth-order valence-electron chi connectivity index (χ4n) is 4.31. The van der Waals surface area contributed by atoms with Gasteiger partial charge in [0, 0.05) is 19.4 Å². The number of hydrogen-bond donors (Lipinski definition) is 3. The smallest absolute Gasteiger partial charge is 0.234 e. The zero-order valence-corrected chi connectivity index (χ0v) is 24.5. The quantitative estimate of drug-likeness (QED) is 0.0809. The second-order valence-corrected chi connectivity index (χ2v) is 12.1. The molecule has 0 aliphatic carbocycles. The van der Waals surface area contributed by atoms with Crippen LogP contribution in [0.3, 0.4) is 0 Å². The van der Waals surface area contributed by atoms with E-state index < -0.39 is 15.9 Å². The third-order valence-corrected chi connectivity index (χ3v) is 7.97. The zero-order valence-electron chi connectivity index (χ0n) is 23.7. The van der Waals surface area contributed by atoms with E-state index in [4.69, 9.17) is 5.90 Å². The molecule has 0 bridgehead atoms. The molecule has 0 atom stereocenters. The van der Waals surface area contributed by atoms with E-state index in [0.29, 0.717) is 38.8 Å². The van der Waals surface area contributed by atoms with Crippen molar-refractivity contribution in [2.45, 2.75) is 148 Å².